The maximum Gasteiger partial charge on any atom is 0.328 e. The van der Waals surface area contributed by atoms with Crippen LogP contribution in [-0.4, -0.2) is 26.2 Å². The largest absolute Gasteiger partial charge is 0.468 e. The lowest BCUT2D eigenvalue weighted by Gasteiger charge is -2.19. The van der Waals surface area contributed by atoms with Crippen molar-refractivity contribution in [2.24, 2.45) is 5.41 Å². The Balaban J connectivity index is 2.96. The molecule has 4 nitrogen and oxygen atoms in total. The maximum absolute atomic E-state index is 11.3. The summed E-state index contributed by atoms with van der Waals surface area (Å²) in [6.45, 7) is 0. The summed E-state index contributed by atoms with van der Waals surface area (Å²) in [7, 11) is 2.47. The highest BCUT2D eigenvalue weighted by molar-refractivity contribution is 6.02. The van der Waals surface area contributed by atoms with Crippen molar-refractivity contribution in [1.29, 1.82) is 0 Å². The Kier molecular flexibility index (Phi) is 2.54. The van der Waals surface area contributed by atoms with Gasteiger partial charge in [0.2, 0.25) is 0 Å². The van der Waals surface area contributed by atoms with Crippen molar-refractivity contribution in [2.75, 3.05) is 14.2 Å². The van der Waals surface area contributed by atoms with Gasteiger partial charge in [-0.05, 0) is 12.2 Å². The van der Waals surface area contributed by atoms with E-state index in [9.17, 15) is 9.59 Å². The van der Waals surface area contributed by atoms with Gasteiger partial charge in [0.1, 0.15) is 0 Å². The van der Waals surface area contributed by atoms with Crippen LogP contribution in [0, 0.1) is 5.41 Å². The van der Waals surface area contributed by atoms with Gasteiger partial charge in [0.05, 0.1) is 14.2 Å². The Morgan fingerprint density at radius 2 is 1.85 bits per heavy atom. The predicted molar refractivity (Wildman–Crippen MR) is 43.7 cm³/mol. The van der Waals surface area contributed by atoms with E-state index in [-0.39, 0.29) is 6.42 Å². The van der Waals surface area contributed by atoms with Crippen LogP contribution in [0.1, 0.15) is 6.42 Å². The fourth-order valence-corrected chi connectivity index (χ4v) is 1.21. The van der Waals surface area contributed by atoms with Gasteiger partial charge in [-0.15, -0.1) is 5.73 Å². The van der Waals surface area contributed by atoms with E-state index in [2.05, 4.69) is 15.2 Å². The highest BCUT2D eigenvalue weighted by atomic mass is 16.5. The van der Waals surface area contributed by atoms with E-state index >= 15 is 0 Å². The number of carbonyl (C=O) groups is 2. The van der Waals surface area contributed by atoms with Gasteiger partial charge >= 0.3 is 11.9 Å². The third kappa shape index (κ3) is 1.36. The third-order valence-electron chi connectivity index (χ3n) is 1.97. The lowest BCUT2D eigenvalue weighted by Crippen LogP contribution is -2.38. The maximum atomic E-state index is 11.3. The van der Waals surface area contributed by atoms with E-state index in [0.29, 0.717) is 0 Å². The molecule has 0 radical (unpaired) electrons. The van der Waals surface area contributed by atoms with Gasteiger partial charge in [-0.3, -0.25) is 9.59 Å². The Hall–Kier alpha value is -1.54. The summed E-state index contributed by atoms with van der Waals surface area (Å²) in [6, 6.07) is 0. The Bertz CT molecular complexity index is 281. The SMILES string of the molecule is COC(=O)C1(C(=O)OC)C=C=CC1. The quantitative estimate of drug-likeness (QED) is 0.353. The van der Waals surface area contributed by atoms with Gasteiger partial charge in [-0.2, -0.15) is 0 Å². The first kappa shape index (κ1) is 9.55. The van der Waals surface area contributed by atoms with E-state index in [1.54, 1.807) is 6.08 Å². The van der Waals surface area contributed by atoms with Crippen molar-refractivity contribution in [3.05, 3.63) is 17.9 Å². The van der Waals surface area contributed by atoms with Gasteiger partial charge in [0.15, 0.2) is 5.41 Å². The summed E-state index contributed by atoms with van der Waals surface area (Å²) in [5.41, 5.74) is 1.39. The van der Waals surface area contributed by atoms with Crippen LogP contribution in [0.5, 0.6) is 0 Å². The zero-order valence-electron chi connectivity index (χ0n) is 7.49. The number of carbonyl (C=O) groups excluding carboxylic acids is 2. The Morgan fingerprint density at radius 1 is 1.31 bits per heavy atom. The molecular formula is C9H10O4. The minimum absolute atomic E-state index is 0.256. The van der Waals surface area contributed by atoms with Crippen LogP contribution in [0.15, 0.2) is 17.9 Å². The molecule has 0 spiro atoms. The lowest BCUT2D eigenvalue weighted by atomic mass is 9.87. The molecule has 0 atom stereocenters. The molecule has 1 rings (SSSR count). The van der Waals surface area contributed by atoms with Gasteiger partial charge in [-0.1, -0.05) is 0 Å². The molecule has 0 aromatic carbocycles. The summed E-state index contributed by atoms with van der Waals surface area (Å²) in [6.07, 6.45) is 3.24. The van der Waals surface area contributed by atoms with Crippen molar-refractivity contribution in [2.45, 2.75) is 6.42 Å². The average Bonchev–Trinajstić information content (AvgIpc) is 2.65. The second kappa shape index (κ2) is 3.46. The Labute approximate surface area is 75.8 Å². The van der Waals surface area contributed by atoms with E-state index in [4.69, 9.17) is 0 Å². The summed E-state index contributed by atoms with van der Waals surface area (Å²) in [4.78, 5) is 22.6. The third-order valence-corrected chi connectivity index (χ3v) is 1.97. The van der Waals surface area contributed by atoms with Crippen LogP contribution < -0.4 is 0 Å². The van der Waals surface area contributed by atoms with Gasteiger partial charge in [0.25, 0.3) is 0 Å². The topological polar surface area (TPSA) is 52.6 Å². The van der Waals surface area contributed by atoms with Crippen LogP contribution in [0.4, 0.5) is 0 Å². The molecule has 0 amide bonds. The second-order valence-electron chi connectivity index (χ2n) is 2.67. The van der Waals surface area contributed by atoms with Crippen molar-refractivity contribution < 1.29 is 19.1 Å². The predicted octanol–water partition coefficient (Wildman–Crippen LogP) is 0.434. The first-order valence-electron chi connectivity index (χ1n) is 3.76. The highest BCUT2D eigenvalue weighted by Crippen LogP contribution is 2.31. The molecule has 0 N–H and O–H groups in total. The second-order valence-corrected chi connectivity index (χ2v) is 2.67. The van der Waals surface area contributed by atoms with Gasteiger partial charge in [-0.25, -0.2) is 0 Å². The van der Waals surface area contributed by atoms with Crippen LogP contribution >= 0.6 is 0 Å². The summed E-state index contributed by atoms with van der Waals surface area (Å²) in [5, 5.41) is 0. The van der Waals surface area contributed by atoms with E-state index in [1.807, 2.05) is 0 Å². The van der Waals surface area contributed by atoms with Crippen LogP contribution in [0.2, 0.25) is 0 Å². The summed E-state index contributed by atoms with van der Waals surface area (Å²) in [5.74, 6) is -1.22. The zero-order valence-corrected chi connectivity index (χ0v) is 7.49. The molecule has 1 aliphatic carbocycles. The molecule has 0 aliphatic heterocycles. The van der Waals surface area contributed by atoms with Crippen LogP contribution in [0.3, 0.4) is 0 Å². The highest BCUT2D eigenvalue weighted by Gasteiger charge is 2.47. The van der Waals surface area contributed by atoms with Crippen LogP contribution in [0.25, 0.3) is 0 Å². The molecule has 4 heteroatoms. The summed E-state index contributed by atoms with van der Waals surface area (Å²) >= 11 is 0. The number of hydrogen-bond donors (Lipinski definition) is 0. The molecule has 13 heavy (non-hydrogen) atoms. The van der Waals surface area contributed by atoms with Crippen molar-refractivity contribution >= 4 is 11.9 Å². The van der Waals surface area contributed by atoms with E-state index < -0.39 is 17.4 Å². The number of rotatable bonds is 2. The lowest BCUT2D eigenvalue weighted by molar-refractivity contribution is -0.164. The minimum Gasteiger partial charge on any atom is -0.468 e. The molecule has 70 valence electrons. The van der Waals surface area contributed by atoms with Crippen molar-refractivity contribution in [3.63, 3.8) is 0 Å². The molecular weight excluding hydrogens is 172 g/mol. The molecule has 0 fully saturated rings. The fraction of sp³-hybridized carbons (Fsp3) is 0.444. The first-order valence-corrected chi connectivity index (χ1v) is 3.76. The zero-order chi connectivity index (χ0) is 9.90. The van der Waals surface area contributed by atoms with Gasteiger partial charge in [0, 0.05) is 6.42 Å². The first-order chi connectivity index (χ1) is 6.17. The fourth-order valence-electron chi connectivity index (χ4n) is 1.21. The van der Waals surface area contributed by atoms with Crippen molar-refractivity contribution in [1.82, 2.24) is 0 Å². The average molecular weight is 182 g/mol. The van der Waals surface area contributed by atoms with Gasteiger partial charge < -0.3 is 9.47 Å². The van der Waals surface area contributed by atoms with E-state index in [0.717, 1.165) is 0 Å². The van der Waals surface area contributed by atoms with E-state index in [1.165, 1.54) is 20.3 Å². The smallest absolute Gasteiger partial charge is 0.328 e. The molecule has 0 aromatic heterocycles. The van der Waals surface area contributed by atoms with Crippen LogP contribution in [-0.2, 0) is 19.1 Å². The Morgan fingerprint density at radius 3 is 2.15 bits per heavy atom. The molecule has 0 saturated carbocycles. The minimum atomic E-state index is -1.30. The monoisotopic (exact) mass is 182 g/mol. The molecule has 0 bridgehead atoms. The summed E-state index contributed by atoms with van der Waals surface area (Å²) < 4.78 is 9.06. The molecule has 0 aromatic rings. The number of esters is 2. The number of ether oxygens (including phenoxy) is 2. The molecule has 0 heterocycles. The number of hydrogen-bond acceptors (Lipinski definition) is 4. The molecule has 0 unspecified atom stereocenters. The molecule has 0 saturated heterocycles. The standard InChI is InChI=1S/C9H10O4/c1-12-7(10)9(8(11)13-2)5-3-4-6-9/h3,6H,5H2,1-2H3. The molecule has 1 aliphatic rings. The van der Waals surface area contributed by atoms with Crippen molar-refractivity contribution in [3.8, 4) is 0 Å². The normalized spacial score (nSPS) is 17.1. The number of methoxy groups -OCH3 is 2.